The molecule has 1 saturated carbocycles. The zero-order valence-corrected chi connectivity index (χ0v) is 8.00. The lowest BCUT2D eigenvalue weighted by atomic mass is 9.95. The molecule has 1 aliphatic rings. The predicted octanol–water partition coefficient (Wildman–Crippen LogP) is 0.870. The van der Waals surface area contributed by atoms with Crippen LogP contribution in [0.15, 0.2) is 6.33 Å². The Kier molecular flexibility index (Phi) is 2.44. The van der Waals surface area contributed by atoms with Crippen LogP contribution in [-0.4, -0.2) is 25.5 Å². The number of aromatic nitrogens is 3. The molecule has 1 atom stereocenters. The highest BCUT2D eigenvalue weighted by atomic mass is 16.6. The second kappa shape index (κ2) is 3.76. The maximum atomic E-state index is 11.2. The first-order valence-corrected chi connectivity index (χ1v) is 4.74. The fourth-order valence-corrected chi connectivity index (χ4v) is 1.75. The summed E-state index contributed by atoms with van der Waals surface area (Å²) in [5, 5.41) is 14.1. The summed E-state index contributed by atoms with van der Waals surface area (Å²) in [6.45, 7) is 0. The van der Waals surface area contributed by atoms with Gasteiger partial charge in [-0.2, -0.15) is 4.68 Å². The van der Waals surface area contributed by atoms with Gasteiger partial charge in [0.1, 0.15) is 5.78 Å². The third-order valence-electron chi connectivity index (χ3n) is 2.49. The SMILES string of the molecule is O=C1CCCC(n2cnc([N+](=O)[O-])n2)C1. The number of carbonyl (C=O) groups is 1. The summed E-state index contributed by atoms with van der Waals surface area (Å²) in [5.74, 6) is -0.225. The average molecular weight is 210 g/mol. The first-order chi connectivity index (χ1) is 7.16. The van der Waals surface area contributed by atoms with E-state index < -0.39 is 10.9 Å². The Balaban J connectivity index is 2.14. The summed E-state index contributed by atoms with van der Waals surface area (Å²) in [4.78, 5) is 24.5. The molecule has 7 heteroatoms. The van der Waals surface area contributed by atoms with Gasteiger partial charge in [0.2, 0.25) is 6.33 Å². The van der Waals surface area contributed by atoms with E-state index in [1.165, 1.54) is 11.0 Å². The van der Waals surface area contributed by atoms with E-state index in [-0.39, 0.29) is 11.8 Å². The van der Waals surface area contributed by atoms with Crippen LogP contribution in [0.25, 0.3) is 0 Å². The summed E-state index contributed by atoms with van der Waals surface area (Å²) in [7, 11) is 0. The molecule has 0 amide bonds. The van der Waals surface area contributed by atoms with Crippen LogP contribution in [0.2, 0.25) is 0 Å². The molecule has 15 heavy (non-hydrogen) atoms. The molecule has 0 spiro atoms. The van der Waals surface area contributed by atoms with Gasteiger partial charge in [-0.1, -0.05) is 4.98 Å². The highest BCUT2D eigenvalue weighted by Crippen LogP contribution is 2.25. The average Bonchev–Trinajstić information content (AvgIpc) is 2.66. The van der Waals surface area contributed by atoms with Crippen LogP contribution in [0.1, 0.15) is 31.7 Å². The Bertz CT molecular complexity index is 400. The van der Waals surface area contributed by atoms with Crippen molar-refractivity contribution < 1.29 is 9.72 Å². The van der Waals surface area contributed by atoms with Crippen molar-refractivity contribution in [2.45, 2.75) is 31.7 Å². The van der Waals surface area contributed by atoms with E-state index in [0.29, 0.717) is 12.8 Å². The number of rotatable bonds is 2. The van der Waals surface area contributed by atoms with Crippen molar-refractivity contribution in [2.24, 2.45) is 0 Å². The summed E-state index contributed by atoms with van der Waals surface area (Å²) >= 11 is 0. The van der Waals surface area contributed by atoms with Gasteiger partial charge < -0.3 is 10.1 Å². The molecule has 7 nitrogen and oxygen atoms in total. The van der Waals surface area contributed by atoms with Crippen LogP contribution in [0.3, 0.4) is 0 Å². The third-order valence-corrected chi connectivity index (χ3v) is 2.49. The fraction of sp³-hybridized carbons (Fsp3) is 0.625. The van der Waals surface area contributed by atoms with Gasteiger partial charge in [0, 0.05) is 17.9 Å². The monoisotopic (exact) mass is 210 g/mol. The minimum Gasteiger partial charge on any atom is -0.390 e. The van der Waals surface area contributed by atoms with E-state index in [9.17, 15) is 14.9 Å². The summed E-state index contributed by atoms with van der Waals surface area (Å²) < 4.78 is 1.43. The summed E-state index contributed by atoms with van der Waals surface area (Å²) in [6.07, 6.45) is 3.97. The molecule has 1 aliphatic carbocycles. The van der Waals surface area contributed by atoms with Crippen molar-refractivity contribution in [1.82, 2.24) is 14.8 Å². The maximum Gasteiger partial charge on any atom is 0.490 e. The standard InChI is InChI=1S/C8H10N4O3/c13-7-3-1-2-6(4-7)11-5-9-8(10-11)12(14)15/h5-6H,1-4H2. The van der Waals surface area contributed by atoms with Crippen molar-refractivity contribution >= 4 is 11.7 Å². The van der Waals surface area contributed by atoms with Crippen LogP contribution in [0, 0.1) is 10.1 Å². The first-order valence-electron chi connectivity index (χ1n) is 4.74. The molecule has 0 saturated heterocycles. The fourth-order valence-electron chi connectivity index (χ4n) is 1.75. The predicted molar refractivity (Wildman–Crippen MR) is 49.2 cm³/mol. The van der Waals surface area contributed by atoms with Gasteiger partial charge >= 0.3 is 5.95 Å². The maximum absolute atomic E-state index is 11.2. The van der Waals surface area contributed by atoms with Crippen molar-refractivity contribution in [2.75, 3.05) is 0 Å². The zero-order valence-electron chi connectivity index (χ0n) is 8.00. The van der Waals surface area contributed by atoms with Gasteiger partial charge in [0.05, 0.1) is 6.04 Å². The third kappa shape index (κ3) is 2.00. The molecule has 0 N–H and O–H groups in total. The molecule has 1 fully saturated rings. The lowest BCUT2D eigenvalue weighted by Crippen LogP contribution is -2.19. The summed E-state index contributed by atoms with van der Waals surface area (Å²) in [6, 6.07) is -0.0625. The zero-order chi connectivity index (χ0) is 10.8. The molecule has 0 bridgehead atoms. The van der Waals surface area contributed by atoms with Crippen LogP contribution < -0.4 is 0 Å². The van der Waals surface area contributed by atoms with Gasteiger partial charge in [-0.3, -0.25) is 4.79 Å². The van der Waals surface area contributed by atoms with Gasteiger partial charge in [0.15, 0.2) is 0 Å². The molecule has 1 unspecified atom stereocenters. The lowest BCUT2D eigenvalue weighted by molar-refractivity contribution is -0.394. The van der Waals surface area contributed by atoms with Crippen LogP contribution in [-0.2, 0) is 4.79 Å². The molecule has 0 radical (unpaired) electrons. The molecular weight excluding hydrogens is 200 g/mol. The molecule has 1 aromatic rings. The first kappa shape index (κ1) is 9.75. The van der Waals surface area contributed by atoms with Crippen LogP contribution >= 0.6 is 0 Å². The topological polar surface area (TPSA) is 90.9 Å². The van der Waals surface area contributed by atoms with Crippen molar-refractivity contribution in [3.63, 3.8) is 0 Å². The highest BCUT2D eigenvalue weighted by Gasteiger charge is 2.25. The number of ketones is 1. The smallest absolute Gasteiger partial charge is 0.390 e. The van der Waals surface area contributed by atoms with E-state index in [4.69, 9.17) is 0 Å². The van der Waals surface area contributed by atoms with Gasteiger partial charge in [-0.15, -0.1) is 0 Å². The Morgan fingerprint density at radius 1 is 1.60 bits per heavy atom. The molecule has 1 aromatic heterocycles. The minimum absolute atomic E-state index is 0.0625. The van der Waals surface area contributed by atoms with Crippen molar-refractivity contribution in [1.29, 1.82) is 0 Å². The van der Waals surface area contributed by atoms with E-state index in [2.05, 4.69) is 10.1 Å². The van der Waals surface area contributed by atoms with Crippen LogP contribution in [0.5, 0.6) is 0 Å². The number of hydrogen-bond donors (Lipinski definition) is 0. The number of nitro groups is 1. The Morgan fingerprint density at radius 2 is 2.40 bits per heavy atom. The normalized spacial score (nSPS) is 21.6. The van der Waals surface area contributed by atoms with E-state index in [1.54, 1.807) is 0 Å². The van der Waals surface area contributed by atoms with Gasteiger partial charge in [-0.05, 0) is 17.8 Å². The molecule has 80 valence electrons. The molecule has 0 aromatic carbocycles. The van der Waals surface area contributed by atoms with Gasteiger partial charge in [0.25, 0.3) is 0 Å². The number of hydrogen-bond acceptors (Lipinski definition) is 5. The lowest BCUT2D eigenvalue weighted by Gasteiger charge is -2.17. The Labute approximate surface area is 85.3 Å². The van der Waals surface area contributed by atoms with E-state index >= 15 is 0 Å². The van der Waals surface area contributed by atoms with Crippen molar-refractivity contribution in [3.8, 4) is 0 Å². The molecule has 1 heterocycles. The molecule has 2 rings (SSSR count). The summed E-state index contributed by atoms with van der Waals surface area (Å²) in [5.41, 5.74) is 0. The Hall–Kier alpha value is -1.79. The van der Waals surface area contributed by atoms with E-state index in [0.717, 1.165) is 12.8 Å². The second-order valence-corrected chi connectivity index (χ2v) is 3.57. The molecular formula is C8H10N4O3. The van der Waals surface area contributed by atoms with Crippen molar-refractivity contribution in [3.05, 3.63) is 16.4 Å². The number of nitrogens with zero attached hydrogens (tertiary/aromatic N) is 4. The quantitative estimate of drug-likeness (QED) is 0.533. The van der Waals surface area contributed by atoms with Crippen LogP contribution in [0.4, 0.5) is 5.95 Å². The van der Waals surface area contributed by atoms with E-state index in [1.807, 2.05) is 0 Å². The highest BCUT2D eigenvalue weighted by molar-refractivity contribution is 5.79. The number of Topliss-reactive ketones (excluding diaryl/α,β-unsaturated/α-hetero) is 1. The second-order valence-electron chi connectivity index (χ2n) is 3.57. The number of carbonyl (C=O) groups excluding carboxylic acids is 1. The largest absolute Gasteiger partial charge is 0.490 e. The minimum atomic E-state index is -0.638. The van der Waals surface area contributed by atoms with Gasteiger partial charge in [-0.25, -0.2) is 0 Å². The molecule has 0 aliphatic heterocycles. The Morgan fingerprint density at radius 3 is 3.00 bits per heavy atom.